The highest BCUT2D eigenvalue weighted by atomic mass is 16.5. The molecule has 4 nitrogen and oxygen atoms in total. The fourth-order valence-electron chi connectivity index (χ4n) is 3.77. The lowest BCUT2D eigenvalue weighted by molar-refractivity contribution is -0.163. The van der Waals surface area contributed by atoms with Crippen LogP contribution in [-0.2, 0) is 14.3 Å². The third kappa shape index (κ3) is 3.20. The van der Waals surface area contributed by atoms with Crippen molar-refractivity contribution in [3.8, 4) is 0 Å². The van der Waals surface area contributed by atoms with Gasteiger partial charge in [-0.1, -0.05) is 73.3 Å². The predicted molar refractivity (Wildman–Crippen MR) is 94.1 cm³/mol. The highest BCUT2D eigenvalue weighted by Gasteiger charge is 2.59. The van der Waals surface area contributed by atoms with Gasteiger partial charge in [-0.25, -0.2) is 0 Å². The molecule has 1 fully saturated rings. The molecule has 0 bridgehead atoms. The van der Waals surface area contributed by atoms with Crippen molar-refractivity contribution in [3.05, 3.63) is 84.4 Å². The van der Waals surface area contributed by atoms with Gasteiger partial charge in [-0.15, -0.1) is 0 Å². The Morgan fingerprint density at radius 2 is 1.40 bits per heavy atom. The van der Waals surface area contributed by atoms with Gasteiger partial charge >= 0.3 is 11.9 Å². The normalized spacial score (nSPS) is 24.8. The molecule has 0 spiro atoms. The second-order valence-corrected chi connectivity index (χ2v) is 6.18. The summed E-state index contributed by atoms with van der Waals surface area (Å²) in [5, 5.41) is 9.80. The number of carboxylic acid groups (broad SMARTS) is 1. The minimum absolute atomic E-state index is 0.121. The van der Waals surface area contributed by atoms with Gasteiger partial charge in [0, 0.05) is 11.8 Å². The second-order valence-electron chi connectivity index (χ2n) is 6.18. The number of benzene rings is 2. The number of hydrogen-bond acceptors (Lipinski definition) is 3. The fraction of sp³-hybridized carbons (Fsp3) is 0.238. The van der Waals surface area contributed by atoms with Gasteiger partial charge in [0.25, 0.3) is 0 Å². The Kier molecular flexibility index (Phi) is 4.98. The van der Waals surface area contributed by atoms with E-state index in [2.05, 4.69) is 6.58 Å². The number of carbonyl (C=O) groups is 2. The maximum atomic E-state index is 12.7. The van der Waals surface area contributed by atoms with E-state index in [1.54, 1.807) is 0 Å². The van der Waals surface area contributed by atoms with Crippen molar-refractivity contribution in [1.29, 1.82) is 0 Å². The highest BCUT2D eigenvalue weighted by molar-refractivity contribution is 5.84. The van der Waals surface area contributed by atoms with Gasteiger partial charge in [-0.3, -0.25) is 9.59 Å². The van der Waals surface area contributed by atoms with Crippen molar-refractivity contribution < 1.29 is 19.4 Å². The van der Waals surface area contributed by atoms with Crippen molar-refractivity contribution in [2.75, 3.05) is 6.61 Å². The summed E-state index contributed by atoms with van der Waals surface area (Å²) in [5.74, 6) is -3.25. The smallest absolute Gasteiger partial charge is 0.310 e. The lowest BCUT2D eigenvalue weighted by Gasteiger charge is -2.49. The molecule has 3 rings (SSSR count). The van der Waals surface area contributed by atoms with Gasteiger partial charge in [0.15, 0.2) is 0 Å². The number of ether oxygens (including phenoxy) is 1. The Balaban J connectivity index is 2.01. The molecule has 0 amide bonds. The zero-order chi connectivity index (χ0) is 17.8. The third-order valence-corrected chi connectivity index (χ3v) is 4.82. The number of hydrogen-bond donors (Lipinski definition) is 1. The molecule has 4 heteroatoms. The number of carboxylic acids is 1. The topological polar surface area (TPSA) is 63.6 Å². The number of aliphatic carboxylic acids is 1. The van der Waals surface area contributed by atoms with Crippen molar-refractivity contribution >= 4 is 11.9 Å². The lowest BCUT2D eigenvalue weighted by Crippen LogP contribution is -2.51. The molecule has 2 atom stereocenters. The highest BCUT2D eigenvalue weighted by Crippen LogP contribution is 2.57. The Bertz CT molecular complexity index is 706. The molecule has 0 aliphatic heterocycles. The summed E-state index contributed by atoms with van der Waals surface area (Å²) in [6, 6.07) is 18.7. The first-order valence-electron chi connectivity index (χ1n) is 8.25. The van der Waals surface area contributed by atoms with E-state index in [9.17, 15) is 14.7 Å². The van der Waals surface area contributed by atoms with E-state index in [0.717, 1.165) is 11.1 Å². The first-order chi connectivity index (χ1) is 12.1. The molecule has 25 heavy (non-hydrogen) atoms. The lowest BCUT2D eigenvalue weighted by atomic mass is 9.52. The molecule has 0 radical (unpaired) electrons. The molecule has 128 valence electrons. The number of carbonyl (C=O) groups excluding carboxylic acids is 1. The van der Waals surface area contributed by atoms with Crippen LogP contribution in [0, 0.1) is 11.8 Å². The Hall–Kier alpha value is -2.88. The first kappa shape index (κ1) is 17.0. The average Bonchev–Trinajstić information content (AvgIpc) is 2.60. The summed E-state index contributed by atoms with van der Waals surface area (Å²) in [5.41, 5.74) is 1.70. The molecule has 0 aromatic heterocycles. The molecule has 0 saturated heterocycles. The summed E-state index contributed by atoms with van der Waals surface area (Å²) in [6.45, 7) is 3.68. The first-order valence-corrected chi connectivity index (χ1v) is 8.25. The van der Waals surface area contributed by atoms with Crippen LogP contribution >= 0.6 is 0 Å². The van der Waals surface area contributed by atoms with E-state index in [1.165, 1.54) is 6.08 Å². The Morgan fingerprint density at radius 1 is 0.920 bits per heavy atom. The minimum atomic E-state index is -0.893. The summed E-state index contributed by atoms with van der Waals surface area (Å²) >= 11 is 0. The van der Waals surface area contributed by atoms with Crippen LogP contribution in [0.25, 0.3) is 0 Å². The summed E-state index contributed by atoms with van der Waals surface area (Å²) in [7, 11) is 0. The standard InChI is InChI=1S/C21H20O4/c1-2-13-25-21(24)19-16(14-9-5-3-6-10-14)18(20(22)23)17(19)15-11-7-4-8-12-15/h2-12,16-19H,1,13H2,(H,22,23). The summed E-state index contributed by atoms with van der Waals surface area (Å²) in [4.78, 5) is 24.6. The zero-order valence-electron chi connectivity index (χ0n) is 13.7. The van der Waals surface area contributed by atoms with Crippen molar-refractivity contribution in [1.82, 2.24) is 0 Å². The van der Waals surface area contributed by atoms with Crippen LogP contribution in [0.1, 0.15) is 23.0 Å². The predicted octanol–water partition coefficient (Wildman–Crippen LogP) is 3.61. The molecular weight excluding hydrogens is 316 g/mol. The van der Waals surface area contributed by atoms with Crippen LogP contribution in [0.4, 0.5) is 0 Å². The average molecular weight is 336 g/mol. The SMILES string of the molecule is C=CCOC(=O)C1C(c2ccccc2)C(C(=O)O)C1c1ccccc1. The van der Waals surface area contributed by atoms with E-state index in [1.807, 2.05) is 60.7 Å². The summed E-state index contributed by atoms with van der Waals surface area (Å²) in [6.07, 6.45) is 1.51. The van der Waals surface area contributed by atoms with Crippen molar-refractivity contribution in [3.63, 3.8) is 0 Å². The molecule has 2 aromatic rings. The van der Waals surface area contributed by atoms with Gasteiger partial charge in [-0.05, 0) is 11.1 Å². The second kappa shape index (κ2) is 7.34. The molecule has 2 aromatic carbocycles. The monoisotopic (exact) mass is 336 g/mol. The van der Waals surface area contributed by atoms with E-state index < -0.39 is 29.6 Å². The molecule has 1 aliphatic rings. The van der Waals surface area contributed by atoms with Gasteiger partial charge in [0.2, 0.25) is 0 Å². The molecule has 1 N–H and O–H groups in total. The van der Waals surface area contributed by atoms with E-state index in [4.69, 9.17) is 4.74 Å². The molecule has 0 heterocycles. The maximum absolute atomic E-state index is 12.7. The van der Waals surface area contributed by atoms with Gasteiger partial charge < -0.3 is 9.84 Å². The fourth-order valence-corrected chi connectivity index (χ4v) is 3.77. The van der Waals surface area contributed by atoms with Gasteiger partial charge in [0.05, 0.1) is 11.8 Å². The minimum Gasteiger partial charge on any atom is -0.481 e. The Labute approximate surface area is 146 Å². The van der Waals surface area contributed by atoms with E-state index in [-0.39, 0.29) is 12.6 Å². The number of rotatable bonds is 6. The van der Waals surface area contributed by atoms with Crippen LogP contribution in [0.5, 0.6) is 0 Å². The zero-order valence-corrected chi connectivity index (χ0v) is 13.7. The molecule has 1 aliphatic carbocycles. The molecule has 1 saturated carbocycles. The quantitative estimate of drug-likeness (QED) is 0.646. The summed E-state index contributed by atoms with van der Waals surface area (Å²) < 4.78 is 5.28. The molecular formula is C21H20O4. The van der Waals surface area contributed by atoms with Crippen LogP contribution < -0.4 is 0 Å². The number of esters is 1. The van der Waals surface area contributed by atoms with Crippen LogP contribution in [0.3, 0.4) is 0 Å². The largest absolute Gasteiger partial charge is 0.481 e. The van der Waals surface area contributed by atoms with Crippen molar-refractivity contribution in [2.24, 2.45) is 11.8 Å². The van der Waals surface area contributed by atoms with Crippen LogP contribution in [0.15, 0.2) is 73.3 Å². The van der Waals surface area contributed by atoms with Gasteiger partial charge in [-0.2, -0.15) is 0 Å². The maximum Gasteiger partial charge on any atom is 0.310 e. The van der Waals surface area contributed by atoms with E-state index in [0.29, 0.717) is 0 Å². The third-order valence-electron chi connectivity index (χ3n) is 4.82. The molecule has 2 unspecified atom stereocenters. The van der Waals surface area contributed by atoms with Crippen LogP contribution in [-0.4, -0.2) is 23.7 Å². The van der Waals surface area contributed by atoms with Crippen LogP contribution in [0.2, 0.25) is 0 Å². The Morgan fingerprint density at radius 3 is 1.80 bits per heavy atom. The van der Waals surface area contributed by atoms with Gasteiger partial charge in [0.1, 0.15) is 6.61 Å². The van der Waals surface area contributed by atoms with E-state index >= 15 is 0 Å². The van der Waals surface area contributed by atoms with Crippen molar-refractivity contribution in [2.45, 2.75) is 11.8 Å².